The molecule has 0 saturated carbocycles. The highest BCUT2D eigenvalue weighted by molar-refractivity contribution is 7.99. The second-order valence-corrected chi connectivity index (χ2v) is 5.99. The van der Waals surface area contributed by atoms with Gasteiger partial charge in [-0.2, -0.15) is 0 Å². The van der Waals surface area contributed by atoms with Gasteiger partial charge in [0.15, 0.2) is 0 Å². The second kappa shape index (κ2) is 6.24. The topological polar surface area (TPSA) is 63.1 Å². The molecule has 104 valence electrons. The van der Waals surface area contributed by atoms with Crippen molar-refractivity contribution in [2.75, 3.05) is 0 Å². The van der Waals surface area contributed by atoms with Crippen LogP contribution in [0, 0.1) is 0 Å². The molecular formula is C14H13ClN2O2S. The lowest BCUT2D eigenvalue weighted by atomic mass is 10.1. The van der Waals surface area contributed by atoms with Crippen LogP contribution >= 0.6 is 23.4 Å². The summed E-state index contributed by atoms with van der Waals surface area (Å²) in [5.41, 5.74) is 1.05. The molecule has 6 heteroatoms. The molecule has 1 N–H and O–H groups in total. The highest BCUT2D eigenvalue weighted by atomic mass is 35.5. The summed E-state index contributed by atoms with van der Waals surface area (Å²) < 4.78 is 0. The smallest absolute Gasteiger partial charge is 0.337 e. The third-order valence-corrected chi connectivity index (χ3v) is 3.90. The lowest BCUT2D eigenvalue weighted by molar-refractivity contribution is 0.0697. The first-order chi connectivity index (χ1) is 9.47. The molecule has 4 nitrogen and oxygen atoms in total. The molecule has 1 aromatic carbocycles. The molecule has 0 aliphatic carbocycles. The summed E-state index contributed by atoms with van der Waals surface area (Å²) in [4.78, 5) is 20.2. The largest absolute Gasteiger partial charge is 0.478 e. The molecule has 20 heavy (non-hydrogen) atoms. The summed E-state index contributed by atoms with van der Waals surface area (Å²) in [6.45, 7) is 4.11. The Kier molecular flexibility index (Phi) is 4.62. The zero-order valence-electron chi connectivity index (χ0n) is 11.0. The SMILES string of the molecule is CC(C)c1cc(Sc2ccc(Cl)c(C(=O)O)c2)ncn1. The van der Waals surface area contributed by atoms with Gasteiger partial charge >= 0.3 is 5.97 Å². The van der Waals surface area contributed by atoms with E-state index < -0.39 is 5.97 Å². The van der Waals surface area contributed by atoms with Gasteiger partial charge in [0.25, 0.3) is 0 Å². The summed E-state index contributed by atoms with van der Waals surface area (Å²) in [7, 11) is 0. The summed E-state index contributed by atoms with van der Waals surface area (Å²) in [5, 5.41) is 10.1. The minimum absolute atomic E-state index is 0.0924. The van der Waals surface area contributed by atoms with Gasteiger partial charge in [-0.15, -0.1) is 0 Å². The van der Waals surface area contributed by atoms with Crippen LogP contribution in [0.25, 0.3) is 0 Å². The van der Waals surface area contributed by atoms with E-state index in [9.17, 15) is 4.79 Å². The Morgan fingerprint density at radius 2 is 2.05 bits per heavy atom. The number of hydrogen-bond acceptors (Lipinski definition) is 4. The van der Waals surface area contributed by atoms with Crippen LogP contribution in [0.3, 0.4) is 0 Å². The molecule has 0 amide bonds. The molecule has 0 aliphatic heterocycles. The van der Waals surface area contributed by atoms with E-state index in [-0.39, 0.29) is 10.6 Å². The highest BCUT2D eigenvalue weighted by Crippen LogP contribution is 2.30. The normalized spacial score (nSPS) is 10.8. The summed E-state index contributed by atoms with van der Waals surface area (Å²) in [6.07, 6.45) is 1.52. The third kappa shape index (κ3) is 3.49. The van der Waals surface area contributed by atoms with Crippen molar-refractivity contribution >= 4 is 29.3 Å². The van der Waals surface area contributed by atoms with Crippen molar-refractivity contribution in [2.45, 2.75) is 29.7 Å². The number of nitrogens with zero attached hydrogens (tertiary/aromatic N) is 2. The van der Waals surface area contributed by atoms with Gasteiger partial charge < -0.3 is 5.11 Å². The molecule has 0 bridgehead atoms. The van der Waals surface area contributed by atoms with Gasteiger partial charge in [0.1, 0.15) is 11.4 Å². The van der Waals surface area contributed by atoms with Crippen LogP contribution in [0.4, 0.5) is 0 Å². The van der Waals surface area contributed by atoms with E-state index in [1.807, 2.05) is 6.07 Å². The number of aromatic nitrogens is 2. The molecule has 0 saturated heterocycles. The molecule has 1 heterocycles. The molecule has 0 radical (unpaired) electrons. The molecular weight excluding hydrogens is 296 g/mol. The first-order valence-electron chi connectivity index (χ1n) is 6.00. The maximum absolute atomic E-state index is 11.1. The van der Waals surface area contributed by atoms with Gasteiger partial charge in [-0.25, -0.2) is 14.8 Å². The monoisotopic (exact) mass is 308 g/mol. The van der Waals surface area contributed by atoms with Crippen LogP contribution in [-0.4, -0.2) is 21.0 Å². The van der Waals surface area contributed by atoms with Crippen LogP contribution in [-0.2, 0) is 0 Å². The van der Waals surface area contributed by atoms with Crippen molar-refractivity contribution in [2.24, 2.45) is 0 Å². The average molecular weight is 309 g/mol. The van der Waals surface area contributed by atoms with Crippen molar-refractivity contribution < 1.29 is 9.90 Å². The van der Waals surface area contributed by atoms with Crippen LogP contribution < -0.4 is 0 Å². The Balaban J connectivity index is 2.28. The zero-order valence-corrected chi connectivity index (χ0v) is 12.6. The van der Waals surface area contributed by atoms with Gasteiger partial charge in [0.2, 0.25) is 0 Å². The van der Waals surface area contributed by atoms with E-state index in [2.05, 4.69) is 23.8 Å². The lowest BCUT2D eigenvalue weighted by Gasteiger charge is -2.07. The Labute approximate surface area is 126 Å². The van der Waals surface area contributed by atoms with Gasteiger partial charge in [0.05, 0.1) is 10.6 Å². The predicted octanol–water partition coefficient (Wildman–Crippen LogP) is 4.10. The quantitative estimate of drug-likeness (QED) is 0.861. The number of halogens is 1. The van der Waals surface area contributed by atoms with E-state index in [1.165, 1.54) is 18.1 Å². The summed E-state index contributed by atoms with van der Waals surface area (Å²) in [5.74, 6) is -0.722. The Morgan fingerprint density at radius 3 is 2.70 bits per heavy atom. The molecule has 0 spiro atoms. The molecule has 0 aliphatic rings. The Hall–Kier alpha value is -1.59. The first-order valence-corrected chi connectivity index (χ1v) is 7.19. The van der Waals surface area contributed by atoms with E-state index in [1.54, 1.807) is 18.2 Å². The fourth-order valence-corrected chi connectivity index (χ4v) is 2.61. The molecule has 1 aromatic heterocycles. The predicted molar refractivity (Wildman–Crippen MR) is 78.7 cm³/mol. The number of carboxylic acid groups (broad SMARTS) is 1. The van der Waals surface area contributed by atoms with E-state index >= 15 is 0 Å². The van der Waals surface area contributed by atoms with E-state index in [4.69, 9.17) is 16.7 Å². The summed E-state index contributed by atoms with van der Waals surface area (Å²) >= 11 is 7.23. The molecule has 2 rings (SSSR count). The number of carbonyl (C=O) groups is 1. The number of hydrogen-bond donors (Lipinski definition) is 1. The number of rotatable bonds is 4. The fourth-order valence-electron chi connectivity index (χ4n) is 1.58. The number of carboxylic acids is 1. The van der Waals surface area contributed by atoms with Gasteiger partial charge in [-0.3, -0.25) is 0 Å². The number of benzene rings is 1. The third-order valence-electron chi connectivity index (χ3n) is 2.65. The van der Waals surface area contributed by atoms with Gasteiger partial charge in [0, 0.05) is 10.6 Å². The minimum Gasteiger partial charge on any atom is -0.478 e. The van der Waals surface area contributed by atoms with Crippen molar-refractivity contribution in [3.63, 3.8) is 0 Å². The average Bonchev–Trinajstić information content (AvgIpc) is 2.41. The zero-order chi connectivity index (χ0) is 14.7. The van der Waals surface area contributed by atoms with Crippen molar-refractivity contribution in [3.05, 3.63) is 46.9 Å². The standard InChI is InChI=1S/C14H13ClN2O2S/c1-8(2)12-6-13(17-7-16-12)20-9-3-4-11(15)10(5-9)14(18)19/h3-8H,1-2H3,(H,18,19). The van der Waals surface area contributed by atoms with E-state index in [0.29, 0.717) is 5.92 Å². The number of aromatic carboxylic acids is 1. The van der Waals surface area contributed by atoms with Crippen LogP contribution in [0.2, 0.25) is 5.02 Å². The van der Waals surface area contributed by atoms with Crippen molar-refractivity contribution in [1.29, 1.82) is 0 Å². The second-order valence-electron chi connectivity index (χ2n) is 4.48. The Bertz CT molecular complexity index is 647. The summed E-state index contributed by atoms with van der Waals surface area (Å²) in [6, 6.07) is 6.81. The van der Waals surface area contributed by atoms with Crippen molar-refractivity contribution in [1.82, 2.24) is 9.97 Å². The van der Waals surface area contributed by atoms with Crippen LogP contribution in [0.15, 0.2) is 40.5 Å². The molecule has 2 aromatic rings. The van der Waals surface area contributed by atoms with Gasteiger partial charge in [-0.05, 0) is 30.2 Å². The van der Waals surface area contributed by atoms with Gasteiger partial charge in [-0.1, -0.05) is 37.2 Å². The molecule has 0 unspecified atom stereocenters. The lowest BCUT2D eigenvalue weighted by Crippen LogP contribution is -1.97. The maximum Gasteiger partial charge on any atom is 0.337 e. The van der Waals surface area contributed by atoms with E-state index in [0.717, 1.165) is 15.6 Å². The minimum atomic E-state index is -1.04. The van der Waals surface area contributed by atoms with Crippen LogP contribution in [0.5, 0.6) is 0 Å². The maximum atomic E-state index is 11.1. The fraction of sp³-hybridized carbons (Fsp3) is 0.214. The van der Waals surface area contributed by atoms with Crippen molar-refractivity contribution in [3.8, 4) is 0 Å². The Morgan fingerprint density at radius 1 is 1.30 bits per heavy atom. The molecule has 0 atom stereocenters. The first kappa shape index (κ1) is 14.8. The van der Waals surface area contributed by atoms with Crippen LogP contribution in [0.1, 0.15) is 35.8 Å². The molecule has 0 fully saturated rings. The highest BCUT2D eigenvalue weighted by Gasteiger charge is 2.11.